The third kappa shape index (κ3) is 1.95. The molecule has 0 aromatic heterocycles. The summed E-state index contributed by atoms with van der Waals surface area (Å²) >= 11 is 0. The molecule has 5 atom stereocenters. The van der Waals surface area contributed by atoms with E-state index in [0.717, 1.165) is 5.01 Å². The van der Waals surface area contributed by atoms with Crippen molar-refractivity contribution in [2.75, 3.05) is 6.61 Å². The van der Waals surface area contributed by atoms with Gasteiger partial charge in [0, 0.05) is 0 Å². The van der Waals surface area contributed by atoms with Crippen LogP contribution < -0.4 is 5.73 Å². The molecule has 0 bridgehead atoms. The monoisotopic (exact) mass is 260 g/mol. The summed E-state index contributed by atoms with van der Waals surface area (Å²) in [6, 6.07) is 0. The molecule has 0 amide bonds. The second-order valence-corrected chi connectivity index (χ2v) is 4.44. The molecule has 0 aliphatic carbocycles. The number of ether oxygens (including phenoxy) is 1. The molecule has 9 heteroatoms. The lowest BCUT2D eigenvalue weighted by Crippen LogP contribution is -2.48. The minimum atomic E-state index is -1.41. The Balaban J connectivity index is 2.19. The molecule has 0 radical (unpaired) electrons. The molecule has 2 heterocycles. The lowest BCUT2D eigenvalue weighted by molar-refractivity contribution is -0.176. The van der Waals surface area contributed by atoms with Crippen LogP contribution in [0.15, 0.2) is 10.1 Å². The summed E-state index contributed by atoms with van der Waals surface area (Å²) in [6.07, 6.45) is -4.01. The van der Waals surface area contributed by atoms with E-state index in [0.29, 0.717) is 0 Å². The van der Waals surface area contributed by atoms with E-state index >= 15 is 0 Å². The second-order valence-electron chi connectivity index (χ2n) is 4.44. The Hall–Kier alpha value is -1.26. The molecule has 2 rings (SSSR count). The summed E-state index contributed by atoms with van der Waals surface area (Å²) in [7, 11) is 0. The Morgan fingerprint density at radius 2 is 2.17 bits per heavy atom. The normalized spacial score (nSPS) is 44.3. The van der Waals surface area contributed by atoms with Gasteiger partial charge in [0.2, 0.25) is 6.35 Å². The van der Waals surface area contributed by atoms with Gasteiger partial charge in [0.15, 0.2) is 6.23 Å². The molecule has 1 fully saturated rings. The molecule has 2 aliphatic rings. The number of aliphatic hydroxyl groups excluding tert-OH is 4. The van der Waals surface area contributed by atoms with Gasteiger partial charge >= 0.3 is 0 Å². The van der Waals surface area contributed by atoms with Crippen molar-refractivity contribution in [3.05, 3.63) is 0 Å². The van der Waals surface area contributed by atoms with E-state index < -0.39 is 37.0 Å². The molecule has 6 N–H and O–H groups in total. The van der Waals surface area contributed by atoms with Crippen LogP contribution in [0.1, 0.15) is 6.92 Å². The van der Waals surface area contributed by atoms with Gasteiger partial charge in [-0.1, -0.05) is 0 Å². The molecule has 102 valence electrons. The van der Waals surface area contributed by atoms with Crippen molar-refractivity contribution in [3.8, 4) is 0 Å². The number of hydrogen-bond acceptors (Lipinski definition) is 9. The highest BCUT2D eigenvalue weighted by atomic mass is 16.6. The Morgan fingerprint density at radius 1 is 1.50 bits per heavy atom. The maximum atomic E-state index is 9.87. The van der Waals surface area contributed by atoms with Gasteiger partial charge in [0.25, 0.3) is 0 Å². The van der Waals surface area contributed by atoms with Gasteiger partial charge in [-0.2, -0.15) is 5.10 Å². The molecule has 0 aromatic carbocycles. The van der Waals surface area contributed by atoms with Gasteiger partial charge in [-0.25, -0.2) is 10.0 Å². The first kappa shape index (κ1) is 13.2. The number of aliphatic imine (C=N–C) groups is 1. The van der Waals surface area contributed by atoms with Crippen LogP contribution in [0.4, 0.5) is 0 Å². The quantitative estimate of drug-likeness (QED) is 0.350. The van der Waals surface area contributed by atoms with Crippen molar-refractivity contribution in [1.82, 2.24) is 5.01 Å². The van der Waals surface area contributed by atoms with Crippen molar-refractivity contribution in [2.45, 2.75) is 37.3 Å². The fraction of sp³-hybridized carbons (Fsp3) is 0.778. The second kappa shape index (κ2) is 4.44. The van der Waals surface area contributed by atoms with Crippen LogP contribution in [0.5, 0.6) is 0 Å². The summed E-state index contributed by atoms with van der Waals surface area (Å²) < 4.78 is 5.36. The third-order valence-electron chi connectivity index (χ3n) is 3.03. The van der Waals surface area contributed by atoms with E-state index in [9.17, 15) is 20.4 Å². The first-order valence-corrected chi connectivity index (χ1v) is 5.37. The molecule has 5 unspecified atom stereocenters. The fourth-order valence-electron chi connectivity index (χ4n) is 1.88. The number of aliphatic hydroxyl groups is 4. The van der Waals surface area contributed by atoms with Crippen molar-refractivity contribution >= 4 is 12.1 Å². The molecule has 1 saturated heterocycles. The van der Waals surface area contributed by atoms with Crippen LogP contribution in [0.25, 0.3) is 0 Å². The number of hydrazone groups is 1. The zero-order valence-electron chi connectivity index (χ0n) is 9.71. The van der Waals surface area contributed by atoms with Gasteiger partial charge < -0.3 is 30.9 Å². The lowest BCUT2D eigenvalue weighted by Gasteiger charge is -2.31. The van der Waals surface area contributed by atoms with Crippen LogP contribution in [0, 0.1) is 0 Å². The lowest BCUT2D eigenvalue weighted by atomic mass is 9.99. The zero-order chi connectivity index (χ0) is 13.5. The van der Waals surface area contributed by atoms with Crippen LogP contribution >= 0.6 is 0 Å². The average molecular weight is 260 g/mol. The van der Waals surface area contributed by atoms with E-state index in [1.807, 2.05) is 0 Å². The van der Waals surface area contributed by atoms with Crippen molar-refractivity contribution in [1.29, 1.82) is 0 Å². The van der Waals surface area contributed by atoms with Gasteiger partial charge in [-0.3, -0.25) is 0 Å². The smallest absolute Gasteiger partial charge is 0.244 e. The van der Waals surface area contributed by atoms with Crippen LogP contribution in [0.3, 0.4) is 0 Å². The molecule has 2 aliphatic heterocycles. The molecule has 9 nitrogen and oxygen atoms in total. The SMILES string of the molecule is CC1(CO)OC(N2N=CC(N)=NC2O)C(O)C1O. The predicted molar refractivity (Wildman–Crippen MR) is 60.3 cm³/mol. The maximum Gasteiger partial charge on any atom is 0.244 e. The summed E-state index contributed by atoms with van der Waals surface area (Å²) in [5.41, 5.74) is 4.02. The van der Waals surface area contributed by atoms with Crippen molar-refractivity contribution < 1.29 is 25.2 Å². The highest BCUT2D eigenvalue weighted by Crippen LogP contribution is 2.33. The Labute approximate surface area is 103 Å². The van der Waals surface area contributed by atoms with E-state index in [4.69, 9.17) is 10.5 Å². The van der Waals surface area contributed by atoms with E-state index in [-0.39, 0.29) is 5.84 Å². The third-order valence-corrected chi connectivity index (χ3v) is 3.03. The largest absolute Gasteiger partial charge is 0.393 e. The van der Waals surface area contributed by atoms with Crippen LogP contribution in [-0.4, -0.2) is 74.5 Å². The highest BCUT2D eigenvalue weighted by molar-refractivity contribution is 6.28. The van der Waals surface area contributed by atoms with Gasteiger partial charge in [0.1, 0.15) is 23.6 Å². The molecule has 18 heavy (non-hydrogen) atoms. The first-order chi connectivity index (χ1) is 8.39. The minimum Gasteiger partial charge on any atom is -0.393 e. The van der Waals surface area contributed by atoms with Gasteiger partial charge in [-0.15, -0.1) is 0 Å². The Kier molecular flexibility index (Phi) is 3.25. The standard InChI is InChI=1S/C9H16N4O5/c1-9(3-14)6(16)5(15)7(18-9)13-8(17)12-4(10)2-11-13/h2,5-8,14-17H,3H2,1H3,(H2,10,12). The maximum absolute atomic E-state index is 9.87. The van der Waals surface area contributed by atoms with Crippen molar-refractivity contribution in [3.63, 3.8) is 0 Å². The summed E-state index contributed by atoms with van der Waals surface area (Å²) in [6.45, 7) is 0.958. The van der Waals surface area contributed by atoms with Crippen LogP contribution in [-0.2, 0) is 4.74 Å². The zero-order valence-corrected chi connectivity index (χ0v) is 9.71. The minimum absolute atomic E-state index is 0.0386. The molecule has 0 aromatic rings. The van der Waals surface area contributed by atoms with E-state index in [2.05, 4.69) is 10.1 Å². The summed E-state index contributed by atoms with van der Waals surface area (Å²) in [5.74, 6) is 0.0386. The Bertz CT molecular complexity index is 389. The number of nitrogens with zero attached hydrogens (tertiary/aromatic N) is 3. The summed E-state index contributed by atoms with van der Waals surface area (Å²) in [5, 5.41) is 43.2. The fourth-order valence-corrected chi connectivity index (χ4v) is 1.88. The highest BCUT2D eigenvalue weighted by Gasteiger charge is 2.54. The summed E-state index contributed by atoms with van der Waals surface area (Å²) in [4.78, 5) is 3.63. The van der Waals surface area contributed by atoms with E-state index in [1.54, 1.807) is 0 Å². The van der Waals surface area contributed by atoms with E-state index in [1.165, 1.54) is 13.1 Å². The number of amidine groups is 1. The molecule has 0 saturated carbocycles. The van der Waals surface area contributed by atoms with Crippen molar-refractivity contribution in [2.24, 2.45) is 15.8 Å². The predicted octanol–water partition coefficient (Wildman–Crippen LogP) is -3.25. The number of rotatable bonds is 2. The number of hydrogen-bond donors (Lipinski definition) is 5. The van der Waals surface area contributed by atoms with Crippen LogP contribution in [0.2, 0.25) is 0 Å². The Morgan fingerprint density at radius 3 is 2.67 bits per heavy atom. The van der Waals surface area contributed by atoms with Gasteiger partial charge in [-0.05, 0) is 6.92 Å². The number of nitrogens with two attached hydrogens (primary N) is 1. The first-order valence-electron chi connectivity index (χ1n) is 5.37. The molecular formula is C9H16N4O5. The molecular weight excluding hydrogens is 244 g/mol. The van der Waals surface area contributed by atoms with Gasteiger partial charge in [0.05, 0.1) is 12.8 Å². The topological polar surface area (TPSA) is 144 Å². The average Bonchev–Trinajstić information content (AvgIpc) is 2.55. The molecule has 0 spiro atoms.